The predicted molar refractivity (Wildman–Crippen MR) is 98.2 cm³/mol. The summed E-state index contributed by atoms with van der Waals surface area (Å²) in [5.74, 6) is 0.955. The molecule has 1 amide bonds. The van der Waals surface area contributed by atoms with E-state index in [1.54, 1.807) is 43.6 Å². The molecule has 1 N–H and O–H groups in total. The zero-order valence-electron chi connectivity index (χ0n) is 14.0. The van der Waals surface area contributed by atoms with Gasteiger partial charge in [0.1, 0.15) is 5.75 Å². The van der Waals surface area contributed by atoms with Crippen molar-refractivity contribution in [3.05, 3.63) is 72.4 Å². The van der Waals surface area contributed by atoms with Gasteiger partial charge in [0.25, 0.3) is 5.91 Å². The Labute approximate surface area is 149 Å². The van der Waals surface area contributed by atoms with E-state index in [0.717, 1.165) is 5.56 Å². The number of pyridine rings is 1. The highest BCUT2D eigenvalue weighted by atomic mass is 16.5. The molecule has 4 aromatic rings. The van der Waals surface area contributed by atoms with E-state index in [1.165, 1.54) is 0 Å². The first-order valence-electron chi connectivity index (χ1n) is 8.00. The van der Waals surface area contributed by atoms with Crippen molar-refractivity contribution in [2.24, 2.45) is 0 Å². The summed E-state index contributed by atoms with van der Waals surface area (Å²) in [5.41, 5.74) is 3.13. The SMILES string of the molecule is COc1ccc(C(=O)Nc2cccc(-c3nc4ncccc4o3)c2)cc1. The van der Waals surface area contributed by atoms with Crippen LogP contribution in [0.15, 0.2) is 71.3 Å². The molecule has 0 saturated heterocycles. The molecule has 0 bridgehead atoms. The summed E-state index contributed by atoms with van der Waals surface area (Å²) in [4.78, 5) is 20.9. The van der Waals surface area contributed by atoms with E-state index in [1.807, 2.05) is 30.3 Å². The summed E-state index contributed by atoms with van der Waals surface area (Å²) in [7, 11) is 1.59. The fourth-order valence-corrected chi connectivity index (χ4v) is 2.57. The number of hydrogen-bond acceptors (Lipinski definition) is 5. The number of fused-ring (bicyclic) bond motifs is 1. The molecule has 0 unspecified atom stereocenters. The average molecular weight is 345 g/mol. The summed E-state index contributed by atoms with van der Waals surface area (Å²) in [5, 5.41) is 2.87. The lowest BCUT2D eigenvalue weighted by Crippen LogP contribution is -2.11. The van der Waals surface area contributed by atoms with Crippen LogP contribution in [0.1, 0.15) is 10.4 Å². The van der Waals surface area contributed by atoms with Crippen molar-refractivity contribution in [2.75, 3.05) is 12.4 Å². The molecule has 0 atom stereocenters. The van der Waals surface area contributed by atoms with Gasteiger partial charge in [-0.1, -0.05) is 6.07 Å². The molecule has 2 aromatic heterocycles. The van der Waals surface area contributed by atoms with Crippen LogP contribution in [0.2, 0.25) is 0 Å². The average Bonchev–Trinajstić information content (AvgIpc) is 3.12. The minimum Gasteiger partial charge on any atom is -0.497 e. The predicted octanol–water partition coefficient (Wildman–Crippen LogP) is 4.15. The number of nitrogens with one attached hydrogen (secondary N) is 1. The first-order valence-corrected chi connectivity index (χ1v) is 8.00. The Hall–Kier alpha value is -3.67. The minimum atomic E-state index is -0.205. The molecule has 0 fully saturated rings. The van der Waals surface area contributed by atoms with Crippen molar-refractivity contribution in [3.8, 4) is 17.2 Å². The number of carbonyl (C=O) groups is 1. The van der Waals surface area contributed by atoms with E-state index in [-0.39, 0.29) is 5.91 Å². The number of nitrogens with zero attached hydrogens (tertiary/aromatic N) is 2. The maximum absolute atomic E-state index is 12.4. The number of carbonyl (C=O) groups excluding carboxylic acids is 1. The molecular weight excluding hydrogens is 330 g/mol. The molecule has 26 heavy (non-hydrogen) atoms. The lowest BCUT2D eigenvalue weighted by molar-refractivity contribution is 0.102. The normalized spacial score (nSPS) is 10.7. The number of aromatic nitrogens is 2. The van der Waals surface area contributed by atoms with Gasteiger partial charge >= 0.3 is 0 Å². The number of ether oxygens (including phenoxy) is 1. The van der Waals surface area contributed by atoms with Crippen LogP contribution in [0.3, 0.4) is 0 Å². The molecule has 6 nitrogen and oxygen atoms in total. The molecule has 0 spiro atoms. The maximum Gasteiger partial charge on any atom is 0.255 e. The fraction of sp³-hybridized carbons (Fsp3) is 0.0500. The van der Waals surface area contributed by atoms with Crippen LogP contribution in [0.25, 0.3) is 22.7 Å². The van der Waals surface area contributed by atoms with Crippen molar-refractivity contribution in [1.29, 1.82) is 0 Å². The highest BCUT2D eigenvalue weighted by Gasteiger charge is 2.11. The van der Waals surface area contributed by atoms with Crippen LogP contribution in [0.4, 0.5) is 5.69 Å². The second-order valence-corrected chi connectivity index (χ2v) is 5.61. The lowest BCUT2D eigenvalue weighted by atomic mass is 10.1. The third kappa shape index (κ3) is 3.12. The number of rotatable bonds is 4. The standard InChI is InChI=1S/C20H15N3O3/c1-25-16-9-7-13(8-10-16)19(24)22-15-5-2-4-14(12-15)20-23-18-17(26-20)6-3-11-21-18/h2-12H,1H3,(H,22,24). The molecule has 0 aliphatic heterocycles. The molecule has 0 aliphatic rings. The molecule has 0 saturated carbocycles. The van der Waals surface area contributed by atoms with Crippen molar-refractivity contribution in [3.63, 3.8) is 0 Å². The smallest absolute Gasteiger partial charge is 0.255 e. The van der Waals surface area contributed by atoms with Crippen LogP contribution in [0, 0.1) is 0 Å². The molecule has 2 heterocycles. The Morgan fingerprint density at radius 2 is 1.92 bits per heavy atom. The van der Waals surface area contributed by atoms with E-state index in [4.69, 9.17) is 9.15 Å². The third-order valence-electron chi connectivity index (χ3n) is 3.88. The second-order valence-electron chi connectivity index (χ2n) is 5.61. The van der Waals surface area contributed by atoms with Crippen molar-refractivity contribution in [2.45, 2.75) is 0 Å². The lowest BCUT2D eigenvalue weighted by Gasteiger charge is -2.07. The van der Waals surface area contributed by atoms with E-state index in [0.29, 0.717) is 34.1 Å². The molecule has 4 rings (SSSR count). The van der Waals surface area contributed by atoms with Gasteiger partial charge in [0.05, 0.1) is 7.11 Å². The number of methoxy groups -OCH3 is 1. The van der Waals surface area contributed by atoms with Gasteiger partial charge in [-0.2, -0.15) is 4.98 Å². The van der Waals surface area contributed by atoms with Gasteiger partial charge in [-0.25, -0.2) is 4.98 Å². The highest BCUT2D eigenvalue weighted by Crippen LogP contribution is 2.25. The van der Waals surface area contributed by atoms with E-state index < -0.39 is 0 Å². The quantitative estimate of drug-likeness (QED) is 0.601. The third-order valence-corrected chi connectivity index (χ3v) is 3.88. The summed E-state index contributed by atoms with van der Waals surface area (Å²) in [6, 6.07) is 17.9. The number of hydrogen-bond donors (Lipinski definition) is 1. The van der Waals surface area contributed by atoms with E-state index in [9.17, 15) is 4.79 Å². The van der Waals surface area contributed by atoms with Gasteiger partial charge in [0.2, 0.25) is 5.89 Å². The van der Waals surface area contributed by atoms with Crippen LogP contribution in [-0.4, -0.2) is 23.0 Å². The summed E-state index contributed by atoms with van der Waals surface area (Å²) >= 11 is 0. The zero-order chi connectivity index (χ0) is 17.9. The molecular formula is C20H15N3O3. The van der Waals surface area contributed by atoms with E-state index in [2.05, 4.69) is 15.3 Å². The monoisotopic (exact) mass is 345 g/mol. The van der Waals surface area contributed by atoms with Gasteiger partial charge < -0.3 is 14.5 Å². The highest BCUT2D eigenvalue weighted by molar-refractivity contribution is 6.04. The molecule has 6 heteroatoms. The molecule has 0 aliphatic carbocycles. The summed E-state index contributed by atoms with van der Waals surface area (Å²) in [6.45, 7) is 0. The van der Waals surface area contributed by atoms with Crippen molar-refractivity contribution in [1.82, 2.24) is 9.97 Å². The number of oxazole rings is 1. The fourth-order valence-electron chi connectivity index (χ4n) is 2.57. The van der Waals surface area contributed by atoms with Crippen LogP contribution in [-0.2, 0) is 0 Å². The first-order chi connectivity index (χ1) is 12.7. The number of anilines is 1. The number of benzene rings is 2. The van der Waals surface area contributed by atoms with Gasteiger partial charge in [-0.3, -0.25) is 4.79 Å². The minimum absolute atomic E-state index is 0.205. The Balaban J connectivity index is 1.57. The summed E-state index contributed by atoms with van der Waals surface area (Å²) in [6.07, 6.45) is 1.67. The maximum atomic E-state index is 12.4. The largest absolute Gasteiger partial charge is 0.497 e. The topological polar surface area (TPSA) is 77.2 Å². The Morgan fingerprint density at radius 1 is 1.08 bits per heavy atom. The molecule has 128 valence electrons. The zero-order valence-corrected chi connectivity index (χ0v) is 14.0. The van der Waals surface area contributed by atoms with Crippen molar-refractivity contribution < 1.29 is 13.9 Å². The van der Waals surface area contributed by atoms with Crippen LogP contribution in [0.5, 0.6) is 5.75 Å². The molecule has 0 radical (unpaired) electrons. The molecule has 2 aromatic carbocycles. The van der Waals surface area contributed by atoms with Crippen molar-refractivity contribution >= 4 is 22.8 Å². The first kappa shape index (κ1) is 15.8. The van der Waals surface area contributed by atoms with Gasteiger partial charge in [-0.15, -0.1) is 0 Å². The summed E-state index contributed by atoms with van der Waals surface area (Å²) < 4.78 is 10.8. The van der Waals surface area contributed by atoms with Crippen LogP contribution >= 0.6 is 0 Å². The van der Waals surface area contributed by atoms with E-state index >= 15 is 0 Å². The van der Waals surface area contributed by atoms with Crippen LogP contribution < -0.4 is 10.1 Å². The Morgan fingerprint density at radius 3 is 2.69 bits per heavy atom. The second kappa shape index (κ2) is 6.68. The van der Waals surface area contributed by atoms with Gasteiger partial charge in [0, 0.05) is 23.0 Å². The number of amides is 1. The van der Waals surface area contributed by atoms with Gasteiger partial charge in [-0.05, 0) is 54.6 Å². The van der Waals surface area contributed by atoms with Gasteiger partial charge in [0.15, 0.2) is 11.2 Å². The Kier molecular flexibility index (Phi) is 4.07. The Bertz CT molecular complexity index is 1040.